The second-order valence-corrected chi connectivity index (χ2v) is 7.71. The van der Waals surface area contributed by atoms with E-state index in [2.05, 4.69) is 31.1 Å². The molecular formula is C20H31IN6O2. The molecule has 0 aliphatic carbocycles. The van der Waals surface area contributed by atoms with Crippen LogP contribution in [0.25, 0.3) is 0 Å². The molecule has 1 aromatic heterocycles. The number of guanidine groups is 1. The summed E-state index contributed by atoms with van der Waals surface area (Å²) >= 11 is 0. The van der Waals surface area contributed by atoms with Gasteiger partial charge in [-0.25, -0.2) is 4.99 Å². The van der Waals surface area contributed by atoms with Gasteiger partial charge >= 0.3 is 0 Å². The molecule has 2 rings (SSSR count). The van der Waals surface area contributed by atoms with Gasteiger partial charge in [0, 0.05) is 17.4 Å². The smallest absolute Gasteiger partial charge is 0.239 e. The lowest BCUT2D eigenvalue weighted by molar-refractivity contribution is -0.121. The van der Waals surface area contributed by atoms with Gasteiger partial charge in [-0.05, 0) is 65.0 Å². The topological polar surface area (TPSA) is 103 Å². The minimum atomic E-state index is -0.286. The van der Waals surface area contributed by atoms with Crippen LogP contribution in [0.5, 0.6) is 5.75 Å². The number of carbonyl (C=O) groups is 1. The van der Waals surface area contributed by atoms with Crippen molar-refractivity contribution < 1.29 is 9.53 Å². The van der Waals surface area contributed by atoms with Crippen molar-refractivity contribution in [2.75, 3.05) is 11.9 Å². The number of carbonyl (C=O) groups excluding carboxylic acids is 1. The molecule has 0 radical (unpaired) electrons. The molecule has 0 bridgehead atoms. The molecule has 29 heavy (non-hydrogen) atoms. The van der Waals surface area contributed by atoms with Crippen molar-refractivity contribution in [2.24, 2.45) is 4.99 Å². The number of ether oxygens (including phenoxy) is 1. The minimum absolute atomic E-state index is 0. The molecule has 8 nitrogen and oxygen atoms in total. The number of benzene rings is 1. The van der Waals surface area contributed by atoms with Crippen molar-refractivity contribution in [3.8, 4) is 5.75 Å². The Labute approximate surface area is 189 Å². The zero-order valence-electron chi connectivity index (χ0n) is 17.6. The second-order valence-electron chi connectivity index (χ2n) is 7.71. The summed E-state index contributed by atoms with van der Waals surface area (Å²) in [6.07, 6.45) is 1.80. The molecule has 4 N–H and O–H groups in total. The van der Waals surface area contributed by atoms with Crippen LogP contribution in [0.4, 0.5) is 5.69 Å². The third kappa shape index (κ3) is 10.2. The Morgan fingerprint density at radius 3 is 2.45 bits per heavy atom. The number of aliphatic imine (C=N–C) groups is 1. The first-order valence-electron chi connectivity index (χ1n) is 9.32. The summed E-state index contributed by atoms with van der Waals surface area (Å²) in [5, 5.41) is 16.0. The third-order valence-electron chi connectivity index (χ3n) is 3.39. The van der Waals surface area contributed by atoms with Crippen molar-refractivity contribution in [1.82, 2.24) is 20.8 Å². The number of halogens is 1. The van der Waals surface area contributed by atoms with Crippen molar-refractivity contribution in [3.05, 3.63) is 42.2 Å². The fourth-order valence-electron chi connectivity index (χ4n) is 2.33. The van der Waals surface area contributed by atoms with Gasteiger partial charge in [0.15, 0.2) is 5.96 Å². The van der Waals surface area contributed by atoms with Crippen molar-refractivity contribution in [1.29, 1.82) is 0 Å². The van der Waals surface area contributed by atoms with E-state index in [-0.39, 0.29) is 48.1 Å². The number of hydrogen-bond donors (Lipinski definition) is 4. The molecule has 0 unspecified atom stereocenters. The predicted octanol–water partition coefficient (Wildman–Crippen LogP) is 3.29. The van der Waals surface area contributed by atoms with Crippen LogP contribution in [0.3, 0.4) is 0 Å². The number of aromatic amines is 1. The standard InChI is InChI=1S/C20H30N6O2.HI/c1-14(2)28-17-8-6-15(7-9-17)24-19(21-12-16-10-11-23-26-16)22-13-18(27)25-20(3,4)5;/h6-11,14H,12-13H2,1-5H3,(H,23,26)(H,25,27)(H2,21,22,24);1H. The van der Waals surface area contributed by atoms with E-state index in [1.54, 1.807) is 6.20 Å². The first-order chi connectivity index (χ1) is 13.2. The Balaban J connectivity index is 0.00000420. The summed E-state index contributed by atoms with van der Waals surface area (Å²) in [7, 11) is 0. The number of H-pyrrole nitrogens is 1. The molecule has 160 valence electrons. The molecular weight excluding hydrogens is 483 g/mol. The Hall–Kier alpha value is -2.30. The van der Waals surface area contributed by atoms with E-state index in [1.807, 2.05) is 65.0 Å². The lowest BCUT2D eigenvalue weighted by Crippen LogP contribution is -2.46. The molecule has 0 aliphatic heterocycles. The number of nitrogens with zero attached hydrogens (tertiary/aromatic N) is 2. The maximum absolute atomic E-state index is 12.1. The molecule has 0 atom stereocenters. The van der Waals surface area contributed by atoms with Gasteiger partial charge in [-0.2, -0.15) is 5.10 Å². The molecule has 1 heterocycles. The zero-order chi connectivity index (χ0) is 20.6. The number of aromatic nitrogens is 2. The summed E-state index contributed by atoms with van der Waals surface area (Å²) < 4.78 is 5.66. The van der Waals surface area contributed by atoms with E-state index in [1.165, 1.54) is 0 Å². The van der Waals surface area contributed by atoms with Gasteiger partial charge in [0.2, 0.25) is 5.91 Å². The van der Waals surface area contributed by atoms with Gasteiger partial charge < -0.3 is 20.7 Å². The SMILES string of the molecule is CC(C)Oc1ccc(NC(=NCc2ccn[nH]2)NCC(=O)NC(C)(C)C)cc1.I. The summed E-state index contributed by atoms with van der Waals surface area (Å²) in [6, 6.07) is 9.44. The first kappa shape index (κ1) is 24.7. The van der Waals surface area contributed by atoms with Crippen LogP contribution in [-0.4, -0.2) is 40.3 Å². The Bertz CT molecular complexity index is 767. The molecule has 0 aliphatic rings. The number of nitrogens with one attached hydrogen (secondary N) is 4. The highest BCUT2D eigenvalue weighted by Crippen LogP contribution is 2.16. The van der Waals surface area contributed by atoms with Crippen molar-refractivity contribution >= 4 is 41.5 Å². The summed E-state index contributed by atoms with van der Waals surface area (Å²) in [5.41, 5.74) is 1.43. The number of hydrogen-bond acceptors (Lipinski definition) is 4. The van der Waals surface area contributed by atoms with E-state index in [9.17, 15) is 4.79 Å². The van der Waals surface area contributed by atoms with Crippen molar-refractivity contribution in [2.45, 2.75) is 52.8 Å². The van der Waals surface area contributed by atoms with Crippen LogP contribution in [0.15, 0.2) is 41.5 Å². The Morgan fingerprint density at radius 1 is 1.21 bits per heavy atom. The Morgan fingerprint density at radius 2 is 1.90 bits per heavy atom. The number of amides is 1. The lowest BCUT2D eigenvalue weighted by Gasteiger charge is -2.21. The summed E-state index contributed by atoms with van der Waals surface area (Å²) in [5.74, 6) is 1.19. The van der Waals surface area contributed by atoms with Crippen LogP contribution in [0.1, 0.15) is 40.3 Å². The van der Waals surface area contributed by atoms with Gasteiger partial charge in [-0.3, -0.25) is 9.89 Å². The van der Waals surface area contributed by atoms with Gasteiger partial charge in [-0.15, -0.1) is 24.0 Å². The highest BCUT2D eigenvalue weighted by atomic mass is 127. The predicted molar refractivity (Wildman–Crippen MR) is 127 cm³/mol. The molecule has 1 aromatic carbocycles. The third-order valence-corrected chi connectivity index (χ3v) is 3.39. The van der Waals surface area contributed by atoms with Gasteiger partial charge in [0.05, 0.1) is 24.9 Å². The van der Waals surface area contributed by atoms with E-state index >= 15 is 0 Å². The van der Waals surface area contributed by atoms with E-state index < -0.39 is 0 Å². The average Bonchev–Trinajstić information content (AvgIpc) is 3.10. The first-order valence-corrected chi connectivity index (χ1v) is 9.32. The van der Waals surface area contributed by atoms with E-state index in [0.29, 0.717) is 12.5 Å². The highest BCUT2D eigenvalue weighted by Gasteiger charge is 2.14. The molecule has 2 aromatic rings. The van der Waals surface area contributed by atoms with Crippen LogP contribution < -0.4 is 20.7 Å². The highest BCUT2D eigenvalue weighted by molar-refractivity contribution is 14.0. The largest absolute Gasteiger partial charge is 0.491 e. The van der Waals surface area contributed by atoms with Crippen molar-refractivity contribution in [3.63, 3.8) is 0 Å². The normalized spacial score (nSPS) is 11.6. The van der Waals surface area contributed by atoms with Gasteiger partial charge in [0.1, 0.15) is 5.75 Å². The zero-order valence-corrected chi connectivity index (χ0v) is 19.9. The maximum atomic E-state index is 12.1. The second kappa shape index (κ2) is 11.6. The van der Waals surface area contributed by atoms with E-state index in [0.717, 1.165) is 17.1 Å². The molecule has 0 spiro atoms. The van der Waals surface area contributed by atoms with Crippen LogP contribution in [-0.2, 0) is 11.3 Å². The van der Waals surface area contributed by atoms with Crippen LogP contribution in [0.2, 0.25) is 0 Å². The maximum Gasteiger partial charge on any atom is 0.239 e. The molecule has 0 fully saturated rings. The number of rotatable bonds is 7. The van der Waals surface area contributed by atoms with Gasteiger partial charge in [-0.1, -0.05) is 0 Å². The van der Waals surface area contributed by atoms with Crippen LogP contribution in [0, 0.1) is 0 Å². The molecule has 9 heteroatoms. The molecule has 0 saturated heterocycles. The number of anilines is 1. The van der Waals surface area contributed by atoms with Crippen LogP contribution >= 0.6 is 24.0 Å². The van der Waals surface area contributed by atoms with E-state index in [4.69, 9.17) is 4.74 Å². The minimum Gasteiger partial charge on any atom is -0.491 e. The fraction of sp³-hybridized carbons (Fsp3) is 0.450. The summed E-state index contributed by atoms with van der Waals surface area (Å²) in [6.45, 7) is 10.3. The Kier molecular flexibility index (Phi) is 9.93. The van der Waals surface area contributed by atoms with Gasteiger partial charge in [0.25, 0.3) is 0 Å². The quantitative estimate of drug-likeness (QED) is 0.258. The molecule has 0 saturated carbocycles. The lowest BCUT2D eigenvalue weighted by atomic mass is 10.1. The monoisotopic (exact) mass is 514 g/mol. The average molecular weight is 514 g/mol. The molecule has 1 amide bonds. The fourth-order valence-corrected chi connectivity index (χ4v) is 2.33. The summed E-state index contributed by atoms with van der Waals surface area (Å²) in [4.78, 5) is 16.6.